The van der Waals surface area contributed by atoms with E-state index >= 15 is 0 Å². The second kappa shape index (κ2) is 5.94. The third-order valence-electron chi connectivity index (χ3n) is 3.82. The summed E-state index contributed by atoms with van der Waals surface area (Å²) >= 11 is 0. The topological polar surface area (TPSA) is 77.8 Å². The summed E-state index contributed by atoms with van der Waals surface area (Å²) in [7, 11) is 0. The third kappa shape index (κ3) is 3.29. The minimum absolute atomic E-state index is 0.103. The number of aliphatic carboxylic acids is 1. The lowest BCUT2D eigenvalue weighted by Crippen LogP contribution is -2.38. The number of carboxylic acids is 1. The van der Waals surface area contributed by atoms with Crippen LogP contribution in [0, 0.1) is 12.8 Å². The molecule has 0 unspecified atom stereocenters. The highest BCUT2D eigenvalue weighted by atomic mass is 16.4. The molecule has 1 fully saturated rings. The number of rotatable bonds is 3. The summed E-state index contributed by atoms with van der Waals surface area (Å²) in [6.45, 7) is 2.93. The van der Waals surface area contributed by atoms with Crippen LogP contribution in [-0.4, -0.2) is 40.1 Å². The zero-order chi connectivity index (χ0) is 14.7. The van der Waals surface area contributed by atoms with Gasteiger partial charge in [0.25, 0.3) is 5.91 Å². The first-order chi connectivity index (χ1) is 9.47. The molecule has 108 valence electrons. The van der Waals surface area contributed by atoms with E-state index < -0.39 is 5.97 Å². The van der Waals surface area contributed by atoms with Crippen molar-refractivity contribution in [3.05, 3.63) is 29.3 Å². The molecular formula is C15H19NO4. The Balaban J connectivity index is 1.97. The molecule has 1 saturated heterocycles. The van der Waals surface area contributed by atoms with E-state index in [1.54, 1.807) is 24.0 Å². The highest BCUT2D eigenvalue weighted by Gasteiger charge is 2.25. The Labute approximate surface area is 117 Å². The van der Waals surface area contributed by atoms with Crippen LogP contribution in [0.3, 0.4) is 0 Å². The van der Waals surface area contributed by atoms with Gasteiger partial charge in [-0.2, -0.15) is 0 Å². The van der Waals surface area contributed by atoms with Gasteiger partial charge in [-0.1, -0.05) is 6.07 Å². The van der Waals surface area contributed by atoms with E-state index in [1.165, 1.54) is 6.07 Å². The molecule has 1 aliphatic heterocycles. The second-order valence-corrected chi connectivity index (χ2v) is 5.33. The van der Waals surface area contributed by atoms with E-state index in [0.717, 1.165) is 18.4 Å². The third-order valence-corrected chi connectivity index (χ3v) is 3.82. The van der Waals surface area contributed by atoms with Gasteiger partial charge in [0.2, 0.25) is 0 Å². The quantitative estimate of drug-likeness (QED) is 0.886. The van der Waals surface area contributed by atoms with E-state index in [1.807, 2.05) is 0 Å². The maximum absolute atomic E-state index is 12.3. The Kier molecular flexibility index (Phi) is 4.27. The van der Waals surface area contributed by atoms with Crippen LogP contribution < -0.4 is 0 Å². The van der Waals surface area contributed by atoms with Crippen LogP contribution in [0.15, 0.2) is 18.2 Å². The summed E-state index contributed by atoms with van der Waals surface area (Å²) in [6.07, 6.45) is 1.61. The van der Waals surface area contributed by atoms with Crippen molar-refractivity contribution in [3.63, 3.8) is 0 Å². The summed E-state index contributed by atoms with van der Waals surface area (Å²) in [5, 5.41) is 18.4. The molecule has 2 rings (SSSR count). The molecule has 0 atom stereocenters. The SMILES string of the molecule is Cc1ccc(C(=O)N2CCC(CC(=O)O)CC2)cc1O. The molecule has 20 heavy (non-hydrogen) atoms. The van der Waals surface area contributed by atoms with Crippen molar-refractivity contribution < 1.29 is 19.8 Å². The molecule has 1 heterocycles. The molecule has 0 aliphatic carbocycles. The van der Waals surface area contributed by atoms with Crippen molar-refractivity contribution in [2.75, 3.05) is 13.1 Å². The molecule has 0 radical (unpaired) electrons. The van der Waals surface area contributed by atoms with Gasteiger partial charge in [-0.3, -0.25) is 9.59 Å². The predicted octanol–water partition coefficient (Wildman–Crippen LogP) is 2.03. The maximum atomic E-state index is 12.3. The number of hydrogen-bond donors (Lipinski definition) is 2. The lowest BCUT2D eigenvalue weighted by atomic mass is 9.93. The first-order valence-corrected chi connectivity index (χ1v) is 6.78. The summed E-state index contributed by atoms with van der Waals surface area (Å²) in [6, 6.07) is 4.92. The minimum atomic E-state index is -0.779. The predicted molar refractivity (Wildman–Crippen MR) is 73.7 cm³/mol. The molecule has 0 bridgehead atoms. The number of likely N-dealkylation sites (tertiary alicyclic amines) is 1. The van der Waals surface area contributed by atoms with E-state index in [4.69, 9.17) is 5.11 Å². The van der Waals surface area contributed by atoms with Gasteiger partial charge < -0.3 is 15.1 Å². The van der Waals surface area contributed by atoms with Gasteiger partial charge in [-0.15, -0.1) is 0 Å². The first-order valence-electron chi connectivity index (χ1n) is 6.78. The highest BCUT2D eigenvalue weighted by Crippen LogP contribution is 2.23. The number of phenolic OH excluding ortho intramolecular Hbond substituents is 1. The van der Waals surface area contributed by atoms with Crippen LogP contribution in [0.1, 0.15) is 35.2 Å². The van der Waals surface area contributed by atoms with Crippen molar-refractivity contribution in [2.24, 2.45) is 5.92 Å². The van der Waals surface area contributed by atoms with E-state index in [9.17, 15) is 14.7 Å². The van der Waals surface area contributed by atoms with Crippen molar-refractivity contribution >= 4 is 11.9 Å². The number of nitrogens with zero attached hydrogens (tertiary/aromatic N) is 1. The normalized spacial score (nSPS) is 16.1. The fraction of sp³-hybridized carbons (Fsp3) is 0.467. The van der Waals surface area contributed by atoms with Crippen molar-refractivity contribution in [1.29, 1.82) is 0 Å². The Morgan fingerprint density at radius 2 is 1.95 bits per heavy atom. The van der Waals surface area contributed by atoms with Crippen LogP contribution in [0.5, 0.6) is 5.75 Å². The molecule has 0 spiro atoms. The van der Waals surface area contributed by atoms with Crippen LogP contribution >= 0.6 is 0 Å². The number of benzene rings is 1. The minimum Gasteiger partial charge on any atom is -0.508 e. The van der Waals surface area contributed by atoms with Gasteiger partial charge in [0.15, 0.2) is 0 Å². The average molecular weight is 277 g/mol. The van der Waals surface area contributed by atoms with E-state index in [2.05, 4.69) is 0 Å². The fourth-order valence-electron chi connectivity index (χ4n) is 2.51. The first kappa shape index (κ1) is 14.4. The largest absolute Gasteiger partial charge is 0.508 e. The number of amides is 1. The molecule has 0 aromatic heterocycles. The molecule has 2 N–H and O–H groups in total. The van der Waals surface area contributed by atoms with Crippen molar-refractivity contribution in [1.82, 2.24) is 4.90 Å². The summed E-state index contributed by atoms with van der Waals surface area (Å²) in [5.41, 5.74) is 1.21. The second-order valence-electron chi connectivity index (χ2n) is 5.33. The summed E-state index contributed by atoms with van der Waals surface area (Å²) in [4.78, 5) is 24.7. The van der Waals surface area contributed by atoms with Crippen LogP contribution in [0.2, 0.25) is 0 Å². The molecule has 5 nitrogen and oxygen atoms in total. The average Bonchev–Trinajstić information content (AvgIpc) is 2.41. The highest BCUT2D eigenvalue weighted by molar-refractivity contribution is 5.94. The molecule has 1 aliphatic rings. The smallest absolute Gasteiger partial charge is 0.303 e. The number of piperidine rings is 1. The molecule has 1 aromatic carbocycles. The Morgan fingerprint density at radius 1 is 1.30 bits per heavy atom. The van der Waals surface area contributed by atoms with Crippen LogP contribution in [-0.2, 0) is 4.79 Å². The van der Waals surface area contributed by atoms with Crippen molar-refractivity contribution in [2.45, 2.75) is 26.2 Å². The number of hydrogen-bond acceptors (Lipinski definition) is 3. The monoisotopic (exact) mass is 277 g/mol. The fourth-order valence-corrected chi connectivity index (χ4v) is 2.51. The molecule has 1 amide bonds. The zero-order valence-electron chi connectivity index (χ0n) is 11.5. The number of carbonyl (C=O) groups is 2. The number of phenols is 1. The zero-order valence-corrected chi connectivity index (χ0v) is 11.5. The number of aryl methyl sites for hydroxylation is 1. The van der Waals surface area contributed by atoms with Gasteiger partial charge in [-0.05, 0) is 43.4 Å². The van der Waals surface area contributed by atoms with Gasteiger partial charge in [0.05, 0.1) is 0 Å². The lowest BCUT2D eigenvalue weighted by Gasteiger charge is -2.31. The maximum Gasteiger partial charge on any atom is 0.303 e. The van der Waals surface area contributed by atoms with Gasteiger partial charge in [-0.25, -0.2) is 0 Å². The van der Waals surface area contributed by atoms with Crippen molar-refractivity contribution in [3.8, 4) is 5.75 Å². The Morgan fingerprint density at radius 3 is 2.50 bits per heavy atom. The lowest BCUT2D eigenvalue weighted by molar-refractivity contribution is -0.138. The Hall–Kier alpha value is -2.04. The molecule has 0 saturated carbocycles. The van der Waals surface area contributed by atoms with E-state index in [-0.39, 0.29) is 24.0 Å². The number of carboxylic acid groups (broad SMARTS) is 1. The standard InChI is InChI=1S/C15H19NO4/c1-10-2-3-12(9-13(10)17)15(20)16-6-4-11(5-7-16)8-14(18)19/h2-3,9,11,17H,4-8H2,1H3,(H,18,19). The number of aromatic hydroxyl groups is 1. The summed E-state index contributed by atoms with van der Waals surface area (Å²) < 4.78 is 0. The number of carbonyl (C=O) groups excluding carboxylic acids is 1. The van der Waals surface area contributed by atoms with Gasteiger partial charge in [0, 0.05) is 25.1 Å². The van der Waals surface area contributed by atoms with Crippen LogP contribution in [0.4, 0.5) is 0 Å². The van der Waals surface area contributed by atoms with Crippen LogP contribution in [0.25, 0.3) is 0 Å². The van der Waals surface area contributed by atoms with Gasteiger partial charge >= 0.3 is 5.97 Å². The van der Waals surface area contributed by atoms with E-state index in [0.29, 0.717) is 18.7 Å². The summed E-state index contributed by atoms with van der Waals surface area (Å²) in [5.74, 6) is -0.605. The molecule has 5 heteroatoms. The Bertz CT molecular complexity index is 519. The van der Waals surface area contributed by atoms with Gasteiger partial charge in [0.1, 0.15) is 5.75 Å². The molecule has 1 aromatic rings. The molecular weight excluding hydrogens is 258 g/mol.